The minimum Gasteiger partial charge on any atom is -0.377 e. The van der Waals surface area contributed by atoms with E-state index in [-0.39, 0.29) is 18.1 Å². The van der Waals surface area contributed by atoms with Crippen LogP contribution in [-0.4, -0.2) is 42.2 Å². The van der Waals surface area contributed by atoms with Crippen molar-refractivity contribution in [3.05, 3.63) is 0 Å². The molecule has 1 spiro atoms. The molecule has 4 heteroatoms. The normalized spacial score (nSPS) is 43.6. The van der Waals surface area contributed by atoms with Crippen molar-refractivity contribution in [2.24, 2.45) is 5.41 Å². The highest BCUT2D eigenvalue weighted by atomic mass is 19.3. The molecule has 2 aliphatic heterocycles. The molecule has 3 aliphatic rings. The average molecular weight is 245 g/mol. The van der Waals surface area contributed by atoms with Crippen molar-refractivity contribution in [2.45, 2.75) is 57.1 Å². The maximum atomic E-state index is 13.5. The summed E-state index contributed by atoms with van der Waals surface area (Å²) >= 11 is 0. The Bertz CT molecular complexity index is 333. The van der Waals surface area contributed by atoms with Gasteiger partial charge in [0.05, 0.1) is 18.1 Å². The van der Waals surface area contributed by atoms with E-state index >= 15 is 0 Å². The average Bonchev–Trinajstić information content (AvgIpc) is 2.55. The van der Waals surface area contributed by atoms with E-state index in [0.29, 0.717) is 19.6 Å². The van der Waals surface area contributed by atoms with Gasteiger partial charge in [-0.1, -0.05) is 0 Å². The molecule has 98 valence electrons. The van der Waals surface area contributed by atoms with Gasteiger partial charge in [-0.25, -0.2) is 8.78 Å². The summed E-state index contributed by atoms with van der Waals surface area (Å²) < 4.78 is 32.7. The van der Waals surface area contributed by atoms with Gasteiger partial charge in [-0.3, -0.25) is 4.90 Å². The van der Waals surface area contributed by atoms with Crippen LogP contribution >= 0.6 is 0 Å². The van der Waals surface area contributed by atoms with Gasteiger partial charge >= 0.3 is 0 Å². The van der Waals surface area contributed by atoms with E-state index in [1.54, 1.807) is 0 Å². The van der Waals surface area contributed by atoms with Crippen LogP contribution in [0.3, 0.4) is 0 Å². The highest BCUT2D eigenvalue weighted by molar-refractivity contribution is 5.22. The maximum Gasteiger partial charge on any atom is 0.255 e. The van der Waals surface area contributed by atoms with Gasteiger partial charge in [-0.05, 0) is 39.7 Å². The number of halogens is 2. The van der Waals surface area contributed by atoms with E-state index in [0.717, 1.165) is 19.4 Å². The van der Waals surface area contributed by atoms with Crippen LogP contribution < -0.4 is 0 Å². The van der Waals surface area contributed by atoms with Gasteiger partial charge in [-0.2, -0.15) is 0 Å². The number of ether oxygens (including phenoxy) is 1. The monoisotopic (exact) mass is 245 g/mol. The maximum absolute atomic E-state index is 13.5. The zero-order valence-electron chi connectivity index (χ0n) is 10.6. The Morgan fingerprint density at radius 2 is 2.00 bits per heavy atom. The first-order valence-electron chi connectivity index (χ1n) is 6.64. The van der Waals surface area contributed by atoms with Crippen molar-refractivity contribution in [3.8, 4) is 0 Å². The van der Waals surface area contributed by atoms with Gasteiger partial charge < -0.3 is 4.74 Å². The summed E-state index contributed by atoms with van der Waals surface area (Å²) in [6, 6.07) is 0. The fraction of sp³-hybridized carbons (Fsp3) is 1.00. The second-order valence-electron chi connectivity index (χ2n) is 6.45. The highest BCUT2D eigenvalue weighted by Gasteiger charge is 2.77. The van der Waals surface area contributed by atoms with Crippen molar-refractivity contribution < 1.29 is 13.5 Å². The quantitative estimate of drug-likeness (QED) is 0.758. The van der Waals surface area contributed by atoms with Gasteiger partial charge in [0.1, 0.15) is 0 Å². The molecule has 2 unspecified atom stereocenters. The predicted octanol–water partition coefficient (Wildman–Crippen LogP) is 2.68. The van der Waals surface area contributed by atoms with E-state index in [4.69, 9.17) is 4.74 Å². The van der Waals surface area contributed by atoms with Crippen LogP contribution in [-0.2, 0) is 4.74 Å². The van der Waals surface area contributed by atoms with Crippen molar-refractivity contribution in [1.82, 2.24) is 4.90 Å². The lowest BCUT2D eigenvalue weighted by Crippen LogP contribution is -2.43. The molecule has 2 atom stereocenters. The molecule has 2 heterocycles. The molecule has 2 saturated heterocycles. The van der Waals surface area contributed by atoms with Gasteiger partial charge in [0.2, 0.25) is 0 Å². The largest absolute Gasteiger partial charge is 0.377 e. The van der Waals surface area contributed by atoms with Crippen molar-refractivity contribution >= 4 is 0 Å². The van der Waals surface area contributed by atoms with Crippen LogP contribution in [0.15, 0.2) is 0 Å². The molecule has 3 rings (SSSR count). The van der Waals surface area contributed by atoms with Crippen molar-refractivity contribution in [1.29, 1.82) is 0 Å². The Morgan fingerprint density at radius 3 is 2.59 bits per heavy atom. The van der Waals surface area contributed by atoms with Crippen LogP contribution in [0.5, 0.6) is 0 Å². The van der Waals surface area contributed by atoms with E-state index in [2.05, 4.69) is 4.90 Å². The molecule has 0 N–H and O–H groups in total. The zero-order chi connectivity index (χ0) is 12.3. The van der Waals surface area contributed by atoms with Gasteiger partial charge in [-0.15, -0.1) is 0 Å². The molecule has 0 bridgehead atoms. The molecular weight excluding hydrogens is 224 g/mol. The highest BCUT2D eigenvalue weighted by Crippen LogP contribution is 2.69. The predicted molar refractivity (Wildman–Crippen MR) is 61.2 cm³/mol. The number of hydrogen-bond acceptors (Lipinski definition) is 2. The summed E-state index contributed by atoms with van der Waals surface area (Å²) in [6.45, 7) is 6.20. The van der Waals surface area contributed by atoms with Gasteiger partial charge in [0.25, 0.3) is 5.92 Å². The summed E-state index contributed by atoms with van der Waals surface area (Å²) in [5, 5.41) is 0. The molecule has 0 aromatic carbocycles. The van der Waals surface area contributed by atoms with Gasteiger partial charge in [0.15, 0.2) is 0 Å². The minimum atomic E-state index is -2.41. The van der Waals surface area contributed by atoms with Gasteiger partial charge in [0, 0.05) is 18.5 Å². The third-order valence-electron chi connectivity index (χ3n) is 4.80. The van der Waals surface area contributed by atoms with Crippen molar-refractivity contribution in [2.75, 3.05) is 19.7 Å². The Kier molecular flexibility index (Phi) is 2.38. The Hall–Kier alpha value is -0.220. The topological polar surface area (TPSA) is 12.5 Å². The molecule has 0 aromatic heterocycles. The smallest absolute Gasteiger partial charge is 0.255 e. The first kappa shape index (κ1) is 11.8. The summed E-state index contributed by atoms with van der Waals surface area (Å²) in [7, 11) is 0. The fourth-order valence-electron chi connectivity index (χ4n) is 3.77. The molecular formula is C13H21F2NO. The Balaban J connectivity index is 1.74. The molecule has 0 aromatic rings. The number of nitrogens with zero attached hydrogens (tertiary/aromatic N) is 1. The summed E-state index contributed by atoms with van der Waals surface area (Å²) in [4.78, 5) is 2.27. The summed E-state index contributed by atoms with van der Waals surface area (Å²) in [5.74, 6) is -2.41. The lowest BCUT2D eigenvalue weighted by atomic mass is 9.89. The van der Waals surface area contributed by atoms with Crippen LogP contribution in [0.25, 0.3) is 0 Å². The van der Waals surface area contributed by atoms with E-state index in [1.807, 2.05) is 13.8 Å². The molecule has 0 amide bonds. The molecule has 17 heavy (non-hydrogen) atoms. The minimum absolute atomic E-state index is 0.0792. The lowest BCUT2D eigenvalue weighted by molar-refractivity contribution is 0.00191. The second kappa shape index (κ2) is 3.41. The van der Waals surface area contributed by atoms with Crippen LogP contribution in [0.1, 0.15) is 39.5 Å². The van der Waals surface area contributed by atoms with Crippen LogP contribution in [0, 0.1) is 5.41 Å². The molecule has 1 aliphatic carbocycles. The number of rotatable bonds is 3. The first-order chi connectivity index (χ1) is 7.89. The second-order valence-corrected chi connectivity index (χ2v) is 6.45. The van der Waals surface area contributed by atoms with E-state index in [1.165, 1.54) is 0 Å². The number of hydrogen-bond donors (Lipinski definition) is 0. The molecule has 2 nitrogen and oxygen atoms in total. The lowest BCUT2D eigenvalue weighted by Gasteiger charge is -2.32. The van der Waals surface area contributed by atoms with Crippen LogP contribution in [0.2, 0.25) is 0 Å². The van der Waals surface area contributed by atoms with Crippen LogP contribution in [0.4, 0.5) is 8.78 Å². The van der Waals surface area contributed by atoms with E-state index < -0.39 is 11.3 Å². The summed E-state index contributed by atoms with van der Waals surface area (Å²) in [5.41, 5.74) is -0.780. The van der Waals surface area contributed by atoms with Crippen molar-refractivity contribution in [3.63, 3.8) is 0 Å². The first-order valence-corrected chi connectivity index (χ1v) is 6.64. The standard InChI is InChI=1S/C13H21F2NO/c1-10(2)17-9-12-4-3-5-16(12)8-11(6-12)7-13(11,14)15/h10H,3-9H2,1-2H3. The fourth-order valence-corrected chi connectivity index (χ4v) is 3.77. The molecule has 1 saturated carbocycles. The summed E-state index contributed by atoms with van der Waals surface area (Å²) in [6.07, 6.45) is 3.07. The molecule has 0 radical (unpaired) electrons. The van der Waals surface area contributed by atoms with E-state index in [9.17, 15) is 8.78 Å². The number of fused-ring (bicyclic) bond motifs is 1. The molecule has 3 fully saturated rings. The zero-order valence-corrected chi connectivity index (χ0v) is 10.6. The third-order valence-corrected chi connectivity index (χ3v) is 4.80. The SMILES string of the molecule is CC(C)OCC12CCCN1CC1(C2)CC1(F)F. The third kappa shape index (κ3) is 1.64. The Morgan fingerprint density at radius 1 is 1.29 bits per heavy atom. The Labute approximate surface area is 101 Å². The number of alkyl halides is 2.